The minimum atomic E-state index is 0.151. The van der Waals surface area contributed by atoms with Crippen molar-refractivity contribution >= 4 is 5.91 Å². The van der Waals surface area contributed by atoms with Crippen molar-refractivity contribution in [1.82, 2.24) is 14.8 Å². The standard InChI is InChI=1S/C19H29N3O2/c1-21(13-16-5-4-8-20-12-16)14-17-7-9-22(15-17)19(23)11-18-6-2-3-10-24-18/h4-5,8,12,17-18H,2-3,6-7,9-11,13-15H2,1H3/t17-,18+/m0/s1. The molecule has 0 N–H and O–H groups in total. The Morgan fingerprint density at radius 1 is 1.42 bits per heavy atom. The Kier molecular flexibility index (Phi) is 6.21. The molecule has 0 bridgehead atoms. The van der Waals surface area contributed by atoms with Gasteiger partial charge in [-0.3, -0.25) is 9.78 Å². The van der Waals surface area contributed by atoms with Crippen LogP contribution in [-0.2, 0) is 16.1 Å². The van der Waals surface area contributed by atoms with E-state index in [1.807, 2.05) is 17.2 Å². The Balaban J connectivity index is 1.40. The molecule has 5 heteroatoms. The van der Waals surface area contributed by atoms with Gasteiger partial charge in [0, 0.05) is 45.2 Å². The molecule has 0 saturated carbocycles. The van der Waals surface area contributed by atoms with Gasteiger partial charge in [-0.05, 0) is 50.3 Å². The van der Waals surface area contributed by atoms with Gasteiger partial charge in [-0.1, -0.05) is 6.07 Å². The fourth-order valence-electron chi connectivity index (χ4n) is 3.81. The molecule has 0 radical (unpaired) electrons. The monoisotopic (exact) mass is 331 g/mol. The molecule has 5 nitrogen and oxygen atoms in total. The van der Waals surface area contributed by atoms with E-state index in [9.17, 15) is 4.79 Å². The summed E-state index contributed by atoms with van der Waals surface area (Å²) in [5.41, 5.74) is 1.24. The summed E-state index contributed by atoms with van der Waals surface area (Å²) >= 11 is 0. The Morgan fingerprint density at radius 2 is 2.33 bits per heavy atom. The van der Waals surface area contributed by atoms with Gasteiger partial charge in [0.15, 0.2) is 0 Å². The number of hydrogen-bond donors (Lipinski definition) is 0. The summed E-state index contributed by atoms with van der Waals surface area (Å²) in [7, 11) is 2.15. The molecule has 0 unspecified atom stereocenters. The highest BCUT2D eigenvalue weighted by Crippen LogP contribution is 2.21. The number of carbonyl (C=O) groups is 1. The highest BCUT2D eigenvalue weighted by Gasteiger charge is 2.29. The number of likely N-dealkylation sites (tertiary alicyclic amines) is 1. The van der Waals surface area contributed by atoms with Gasteiger partial charge in [0.2, 0.25) is 5.91 Å². The minimum Gasteiger partial charge on any atom is -0.378 e. The number of amides is 1. The normalized spacial score (nSPS) is 24.5. The van der Waals surface area contributed by atoms with E-state index in [0.717, 1.165) is 52.0 Å². The second-order valence-corrected chi connectivity index (χ2v) is 7.25. The van der Waals surface area contributed by atoms with E-state index >= 15 is 0 Å². The van der Waals surface area contributed by atoms with Crippen molar-refractivity contribution in [3.63, 3.8) is 0 Å². The Bertz CT molecular complexity index is 517. The average Bonchev–Trinajstić information content (AvgIpc) is 3.05. The first-order valence-electron chi connectivity index (χ1n) is 9.17. The Morgan fingerprint density at radius 3 is 3.08 bits per heavy atom. The summed E-state index contributed by atoms with van der Waals surface area (Å²) in [5.74, 6) is 0.849. The lowest BCUT2D eigenvalue weighted by molar-refractivity contribution is -0.134. The highest BCUT2D eigenvalue weighted by molar-refractivity contribution is 5.77. The summed E-state index contributed by atoms with van der Waals surface area (Å²) in [6.45, 7) is 4.55. The third-order valence-corrected chi connectivity index (χ3v) is 5.06. The van der Waals surface area contributed by atoms with Crippen molar-refractivity contribution < 1.29 is 9.53 Å². The van der Waals surface area contributed by atoms with Crippen molar-refractivity contribution in [2.45, 2.75) is 44.8 Å². The van der Waals surface area contributed by atoms with Crippen LogP contribution in [0.5, 0.6) is 0 Å². The molecule has 1 aromatic heterocycles. The van der Waals surface area contributed by atoms with Crippen LogP contribution in [0.4, 0.5) is 0 Å². The lowest BCUT2D eigenvalue weighted by Crippen LogP contribution is -2.34. The fourth-order valence-corrected chi connectivity index (χ4v) is 3.81. The van der Waals surface area contributed by atoms with Gasteiger partial charge in [-0.15, -0.1) is 0 Å². The van der Waals surface area contributed by atoms with Crippen LogP contribution in [0.3, 0.4) is 0 Å². The SMILES string of the molecule is CN(Cc1cccnc1)C[C@@H]1CCN(C(=O)C[C@H]2CCCCO2)C1. The maximum absolute atomic E-state index is 12.5. The van der Waals surface area contributed by atoms with Gasteiger partial charge in [-0.2, -0.15) is 0 Å². The molecule has 1 amide bonds. The summed E-state index contributed by atoms with van der Waals surface area (Å²) in [4.78, 5) is 21.0. The van der Waals surface area contributed by atoms with Crippen LogP contribution in [0.25, 0.3) is 0 Å². The van der Waals surface area contributed by atoms with Crippen LogP contribution in [0.15, 0.2) is 24.5 Å². The molecule has 0 aromatic carbocycles. The molecule has 132 valence electrons. The smallest absolute Gasteiger partial charge is 0.225 e. The number of ether oxygens (including phenoxy) is 1. The van der Waals surface area contributed by atoms with Crippen LogP contribution < -0.4 is 0 Å². The first-order chi connectivity index (χ1) is 11.7. The van der Waals surface area contributed by atoms with E-state index < -0.39 is 0 Å². The molecule has 3 rings (SSSR count). The Hall–Kier alpha value is -1.46. The van der Waals surface area contributed by atoms with Crippen LogP contribution in [0.1, 0.15) is 37.7 Å². The van der Waals surface area contributed by atoms with Gasteiger partial charge in [0.1, 0.15) is 0 Å². The largest absolute Gasteiger partial charge is 0.378 e. The van der Waals surface area contributed by atoms with E-state index in [1.165, 1.54) is 12.0 Å². The zero-order valence-corrected chi connectivity index (χ0v) is 14.7. The van der Waals surface area contributed by atoms with E-state index in [0.29, 0.717) is 12.3 Å². The maximum atomic E-state index is 12.5. The van der Waals surface area contributed by atoms with Crippen molar-refractivity contribution in [2.24, 2.45) is 5.92 Å². The second kappa shape index (κ2) is 8.58. The summed E-state index contributed by atoms with van der Waals surface area (Å²) in [5, 5.41) is 0. The van der Waals surface area contributed by atoms with Gasteiger partial charge in [-0.25, -0.2) is 0 Å². The molecular weight excluding hydrogens is 302 g/mol. The van der Waals surface area contributed by atoms with Gasteiger partial charge < -0.3 is 14.5 Å². The van der Waals surface area contributed by atoms with E-state index in [1.54, 1.807) is 6.20 Å². The number of carbonyl (C=O) groups excluding carboxylic acids is 1. The quantitative estimate of drug-likeness (QED) is 0.802. The molecule has 0 aliphatic carbocycles. The van der Waals surface area contributed by atoms with E-state index in [-0.39, 0.29) is 12.0 Å². The second-order valence-electron chi connectivity index (χ2n) is 7.25. The Labute approximate surface area is 145 Å². The molecule has 1 aromatic rings. The summed E-state index contributed by atoms with van der Waals surface area (Å²) < 4.78 is 5.70. The predicted octanol–water partition coefficient (Wildman–Crippen LogP) is 2.32. The number of rotatable bonds is 6. The third kappa shape index (κ3) is 5.02. The maximum Gasteiger partial charge on any atom is 0.225 e. The molecule has 2 atom stereocenters. The molecule has 24 heavy (non-hydrogen) atoms. The number of nitrogens with zero attached hydrogens (tertiary/aromatic N) is 3. The molecule has 2 aliphatic rings. The molecule has 2 saturated heterocycles. The van der Waals surface area contributed by atoms with E-state index in [2.05, 4.69) is 23.0 Å². The highest BCUT2D eigenvalue weighted by atomic mass is 16.5. The third-order valence-electron chi connectivity index (χ3n) is 5.06. The molecule has 0 spiro atoms. The lowest BCUT2D eigenvalue weighted by atomic mass is 10.1. The first kappa shape index (κ1) is 17.4. The van der Waals surface area contributed by atoms with Crippen LogP contribution >= 0.6 is 0 Å². The van der Waals surface area contributed by atoms with Gasteiger partial charge >= 0.3 is 0 Å². The van der Waals surface area contributed by atoms with Gasteiger partial charge in [0.25, 0.3) is 0 Å². The molecule has 2 fully saturated rings. The zero-order chi connectivity index (χ0) is 16.8. The van der Waals surface area contributed by atoms with Crippen molar-refractivity contribution in [3.8, 4) is 0 Å². The van der Waals surface area contributed by atoms with Crippen molar-refractivity contribution in [1.29, 1.82) is 0 Å². The number of hydrogen-bond acceptors (Lipinski definition) is 4. The zero-order valence-electron chi connectivity index (χ0n) is 14.7. The summed E-state index contributed by atoms with van der Waals surface area (Å²) in [6.07, 6.45) is 8.92. The first-order valence-corrected chi connectivity index (χ1v) is 9.17. The minimum absolute atomic E-state index is 0.151. The number of pyridine rings is 1. The number of aromatic nitrogens is 1. The summed E-state index contributed by atoms with van der Waals surface area (Å²) in [6, 6.07) is 4.09. The van der Waals surface area contributed by atoms with Crippen LogP contribution in [-0.4, -0.2) is 60.1 Å². The van der Waals surface area contributed by atoms with Crippen LogP contribution in [0.2, 0.25) is 0 Å². The predicted molar refractivity (Wildman–Crippen MR) is 93.5 cm³/mol. The fraction of sp³-hybridized carbons (Fsp3) is 0.684. The average molecular weight is 331 g/mol. The van der Waals surface area contributed by atoms with Crippen molar-refractivity contribution in [3.05, 3.63) is 30.1 Å². The molecule has 3 heterocycles. The lowest BCUT2D eigenvalue weighted by Gasteiger charge is -2.25. The molecule has 2 aliphatic heterocycles. The topological polar surface area (TPSA) is 45.7 Å². The van der Waals surface area contributed by atoms with Crippen molar-refractivity contribution in [2.75, 3.05) is 33.3 Å². The van der Waals surface area contributed by atoms with E-state index in [4.69, 9.17) is 4.74 Å². The molecular formula is C19H29N3O2. The van der Waals surface area contributed by atoms with Crippen LogP contribution in [0, 0.1) is 5.92 Å². The van der Waals surface area contributed by atoms with Gasteiger partial charge in [0.05, 0.1) is 12.5 Å².